The van der Waals surface area contributed by atoms with Crippen molar-refractivity contribution in [3.63, 3.8) is 0 Å². The number of halogens is 3. The second-order valence-electron chi connectivity index (χ2n) is 4.44. The lowest BCUT2D eigenvalue weighted by molar-refractivity contribution is -0.136. The lowest BCUT2D eigenvalue weighted by Crippen LogP contribution is -2.32. The van der Waals surface area contributed by atoms with E-state index < -0.39 is 11.7 Å². The van der Waals surface area contributed by atoms with Crippen molar-refractivity contribution in [1.29, 1.82) is 0 Å². The molecule has 1 aromatic rings. The molecule has 1 aliphatic heterocycles. The normalized spacial score (nSPS) is 20.4. The van der Waals surface area contributed by atoms with Crippen LogP contribution in [0.15, 0.2) is 18.2 Å². The molecule has 18 heavy (non-hydrogen) atoms. The monoisotopic (exact) mass is 260 g/mol. The molecule has 1 aliphatic rings. The second-order valence-corrected chi connectivity index (χ2v) is 4.44. The largest absolute Gasteiger partial charge is 0.418 e. The van der Waals surface area contributed by atoms with Crippen LogP contribution in [0, 0.1) is 0 Å². The summed E-state index contributed by atoms with van der Waals surface area (Å²) in [5, 5.41) is 9.19. The topological polar surface area (TPSA) is 49.5 Å². The first kappa shape index (κ1) is 13.0. The van der Waals surface area contributed by atoms with Crippen LogP contribution >= 0.6 is 0 Å². The quantitative estimate of drug-likeness (QED) is 0.802. The van der Waals surface area contributed by atoms with Gasteiger partial charge >= 0.3 is 6.18 Å². The van der Waals surface area contributed by atoms with Crippen molar-refractivity contribution in [2.45, 2.75) is 25.1 Å². The fourth-order valence-corrected chi connectivity index (χ4v) is 2.33. The summed E-state index contributed by atoms with van der Waals surface area (Å²) in [4.78, 5) is 1.80. The maximum Gasteiger partial charge on any atom is 0.418 e. The molecular formula is C12H15F3N2O. The Kier molecular flexibility index (Phi) is 3.38. The van der Waals surface area contributed by atoms with Gasteiger partial charge < -0.3 is 15.7 Å². The predicted octanol–water partition coefficient (Wildman–Crippen LogP) is 2.25. The van der Waals surface area contributed by atoms with Gasteiger partial charge in [-0.05, 0) is 31.0 Å². The van der Waals surface area contributed by atoms with Gasteiger partial charge in [-0.1, -0.05) is 0 Å². The molecule has 6 heteroatoms. The van der Waals surface area contributed by atoms with Gasteiger partial charge in [0, 0.05) is 17.9 Å². The summed E-state index contributed by atoms with van der Waals surface area (Å²) >= 11 is 0. The van der Waals surface area contributed by atoms with E-state index in [1.165, 1.54) is 6.07 Å². The van der Waals surface area contributed by atoms with Crippen LogP contribution in [-0.2, 0) is 6.18 Å². The van der Waals surface area contributed by atoms with E-state index in [2.05, 4.69) is 0 Å². The lowest BCUT2D eigenvalue weighted by atomic mass is 10.1. The van der Waals surface area contributed by atoms with Gasteiger partial charge in [0.25, 0.3) is 0 Å². The van der Waals surface area contributed by atoms with Crippen LogP contribution in [0.25, 0.3) is 0 Å². The van der Waals surface area contributed by atoms with E-state index in [4.69, 9.17) is 5.73 Å². The average molecular weight is 260 g/mol. The van der Waals surface area contributed by atoms with E-state index in [9.17, 15) is 18.3 Å². The molecule has 0 bridgehead atoms. The predicted molar refractivity (Wildman–Crippen MR) is 63.3 cm³/mol. The van der Waals surface area contributed by atoms with Crippen molar-refractivity contribution in [2.75, 3.05) is 23.8 Å². The molecule has 3 nitrogen and oxygen atoms in total. The Morgan fingerprint density at radius 1 is 1.39 bits per heavy atom. The maximum atomic E-state index is 12.7. The van der Waals surface area contributed by atoms with E-state index in [-0.39, 0.29) is 18.3 Å². The van der Waals surface area contributed by atoms with Gasteiger partial charge in [0.2, 0.25) is 0 Å². The Morgan fingerprint density at radius 2 is 2.11 bits per heavy atom. The van der Waals surface area contributed by atoms with Gasteiger partial charge in [0.05, 0.1) is 18.2 Å². The smallest absolute Gasteiger partial charge is 0.398 e. The molecule has 1 heterocycles. The minimum Gasteiger partial charge on any atom is -0.398 e. The highest BCUT2D eigenvalue weighted by Gasteiger charge is 2.34. The summed E-state index contributed by atoms with van der Waals surface area (Å²) in [6, 6.07) is 3.79. The third-order valence-corrected chi connectivity index (χ3v) is 3.26. The van der Waals surface area contributed by atoms with Crippen LogP contribution in [0.5, 0.6) is 0 Å². The van der Waals surface area contributed by atoms with Gasteiger partial charge in [-0.25, -0.2) is 0 Å². The van der Waals surface area contributed by atoms with Crippen LogP contribution in [-0.4, -0.2) is 24.3 Å². The number of rotatable bonds is 2. The molecule has 1 aromatic carbocycles. The van der Waals surface area contributed by atoms with Crippen LogP contribution in [0.1, 0.15) is 18.4 Å². The highest BCUT2D eigenvalue weighted by Crippen LogP contribution is 2.37. The molecule has 100 valence electrons. The minimum absolute atomic E-state index is 0.0499. The Morgan fingerprint density at radius 3 is 2.72 bits per heavy atom. The zero-order valence-electron chi connectivity index (χ0n) is 9.74. The summed E-state index contributed by atoms with van der Waals surface area (Å²) in [6.07, 6.45) is -2.78. The molecule has 0 amide bonds. The van der Waals surface area contributed by atoms with Crippen molar-refractivity contribution >= 4 is 11.4 Å². The summed E-state index contributed by atoms with van der Waals surface area (Å²) in [5.74, 6) is 0. The molecular weight excluding hydrogens is 245 g/mol. The molecule has 0 radical (unpaired) electrons. The number of nitrogen functional groups attached to an aromatic ring is 1. The summed E-state index contributed by atoms with van der Waals surface area (Å²) in [5.41, 5.74) is 4.73. The van der Waals surface area contributed by atoms with E-state index in [1.54, 1.807) is 11.0 Å². The Labute approximate surface area is 103 Å². The third-order valence-electron chi connectivity index (χ3n) is 3.26. The number of hydrogen-bond acceptors (Lipinski definition) is 3. The zero-order valence-corrected chi connectivity index (χ0v) is 9.74. The van der Waals surface area contributed by atoms with Crippen LogP contribution in [0.3, 0.4) is 0 Å². The Balaban J connectivity index is 2.35. The molecule has 1 fully saturated rings. The number of aliphatic hydroxyl groups excluding tert-OH is 1. The lowest BCUT2D eigenvalue weighted by Gasteiger charge is -2.26. The number of anilines is 2. The van der Waals surface area contributed by atoms with E-state index >= 15 is 0 Å². The maximum absolute atomic E-state index is 12.7. The summed E-state index contributed by atoms with van der Waals surface area (Å²) in [7, 11) is 0. The molecule has 1 saturated heterocycles. The first-order valence-corrected chi connectivity index (χ1v) is 5.77. The molecule has 0 unspecified atom stereocenters. The van der Waals surface area contributed by atoms with Gasteiger partial charge in [-0.2, -0.15) is 13.2 Å². The third kappa shape index (κ3) is 2.38. The van der Waals surface area contributed by atoms with Crippen LogP contribution in [0.4, 0.5) is 24.5 Å². The van der Waals surface area contributed by atoms with E-state index in [1.807, 2.05) is 0 Å². The number of alkyl halides is 3. The summed E-state index contributed by atoms with van der Waals surface area (Å²) < 4.78 is 38.2. The van der Waals surface area contributed by atoms with Gasteiger partial charge in [0.1, 0.15) is 0 Å². The second kappa shape index (κ2) is 4.68. The minimum atomic E-state index is -4.45. The fourth-order valence-electron chi connectivity index (χ4n) is 2.33. The average Bonchev–Trinajstić information content (AvgIpc) is 2.76. The molecule has 0 aliphatic carbocycles. The first-order chi connectivity index (χ1) is 8.43. The van der Waals surface area contributed by atoms with Crippen molar-refractivity contribution in [2.24, 2.45) is 0 Å². The molecule has 2 rings (SSSR count). The number of nitrogens with two attached hydrogens (primary N) is 1. The zero-order chi connectivity index (χ0) is 13.3. The number of benzene rings is 1. The Bertz CT molecular complexity index is 434. The molecule has 0 saturated carbocycles. The molecule has 1 atom stereocenters. The number of hydrogen-bond donors (Lipinski definition) is 2. The van der Waals surface area contributed by atoms with Crippen molar-refractivity contribution < 1.29 is 18.3 Å². The van der Waals surface area contributed by atoms with Gasteiger partial charge in [-0.3, -0.25) is 0 Å². The van der Waals surface area contributed by atoms with E-state index in [0.717, 1.165) is 18.9 Å². The molecule has 0 aromatic heterocycles. The van der Waals surface area contributed by atoms with Crippen LogP contribution in [0.2, 0.25) is 0 Å². The standard InChI is InChI=1S/C12H15F3N2O/c13-12(14,15)10-6-8(3-4-11(10)16)17-5-1-2-9(17)7-18/h3-4,6,9,18H,1-2,5,7,16H2/t9-/m1/s1. The van der Waals surface area contributed by atoms with Crippen molar-refractivity contribution in [1.82, 2.24) is 0 Å². The van der Waals surface area contributed by atoms with Crippen LogP contribution < -0.4 is 10.6 Å². The molecule has 0 spiro atoms. The highest BCUT2D eigenvalue weighted by molar-refractivity contribution is 5.60. The van der Waals surface area contributed by atoms with Crippen molar-refractivity contribution in [3.8, 4) is 0 Å². The first-order valence-electron chi connectivity index (χ1n) is 5.77. The number of nitrogens with zero attached hydrogens (tertiary/aromatic N) is 1. The van der Waals surface area contributed by atoms with Gasteiger partial charge in [0.15, 0.2) is 0 Å². The van der Waals surface area contributed by atoms with E-state index in [0.29, 0.717) is 12.2 Å². The van der Waals surface area contributed by atoms with Gasteiger partial charge in [-0.15, -0.1) is 0 Å². The summed E-state index contributed by atoms with van der Waals surface area (Å²) in [6.45, 7) is 0.609. The number of aliphatic hydroxyl groups is 1. The highest BCUT2D eigenvalue weighted by atomic mass is 19.4. The SMILES string of the molecule is Nc1ccc(N2CCC[C@@H]2CO)cc1C(F)(F)F. The Hall–Kier alpha value is -1.43. The fraction of sp³-hybridized carbons (Fsp3) is 0.500. The molecule has 3 N–H and O–H groups in total. The van der Waals surface area contributed by atoms with Crippen molar-refractivity contribution in [3.05, 3.63) is 23.8 Å².